The summed E-state index contributed by atoms with van der Waals surface area (Å²) in [7, 11) is 0. The molecule has 0 aromatic heterocycles. The average Bonchev–Trinajstić information content (AvgIpc) is 2.69. The SMILES string of the molecule is CCOc1ccc(C(=O)NC(c2ccccc2)c2ccccc2C)cc1Cl. The largest absolute Gasteiger partial charge is 0.492 e. The molecule has 0 saturated carbocycles. The standard InChI is InChI=1S/C23H22ClNO2/c1-3-27-21-14-13-18(15-20(21)24)23(26)25-22(17-10-5-4-6-11-17)19-12-8-7-9-16(19)2/h4-15,22H,3H2,1-2H3,(H,25,26). The molecule has 0 saturated heterocycles. The lowest BCUT2D eigenvalue weighted by molar-refractivity contribution is 0.0943. The van der Waals surface area contributed by atoms with Crippen LogP contribution < -0.4 is 10.1 Å². The molecule has 0 aliphatic heterocycles. The number of aryl methyl sites for hydroxylation is 1. The zero-order chi connectivity index (χ0) is 19.2. The molecular weight excluding hydrogens is 358 g/mol. The number of amides is 1. The molecule has 3 rings (SSSR count). The van der Waals surface area contributed by atoms with Crippen LogP contribution in [0.5, 0.6) is 5.75 Å². The Balaban J connectivity index is 1.92. The fraction of sp³-hybridized carbons (Fsp3) is 0.174. The molecule has 3 aromatic rings. The second-order valence-electron chi connectivity index (χ2n) is 6.25. The molecule has 3 nitrogen and oxygen atoms in total. The van der Waals surface area contributed by atoms with Crippen LogP contribution in [0.1, 0.15) is 40.0 Å². The van der Waals surface area contributed by atoms with E-state index in [4.69, 9.17) is 16.3 Å². The normalized spacial score (nSPS) is 11.7. The van der Waals surface area contributed by atoms with Crippen molar-refractivity contribution in [3.63, 3.8) is 0 Å². The van der Waals surface area contributed by atoms with Gasteiger partial charge in [0.2, 0.25) is 0 Å². The number of hydrogen-bond acceptors (Lipinski definition) is 2. The van der Waals surface area contributed by atoms with E-state index < -0.39 is 0 Å². The van der Waals surface area contributed by atoms with E-state index in [-0.39, 0.29) is 11.9 Å². The van der Waals surface area contributed by atoms with Gasteiger partial charge in [-0.05, 0) is 48.7 Å². The van der Waals surface area contributed by atoms with Crippen LogP contribution in [0.2, 0.25) is 5.02 Å². The van der Waals surface area contributed by atoms with E-state index >= 15 is 0 Å². The third-order valence-corrected chi connectivity index (χ3v) is 4.70. The minimum Gasteiger partial charge on any atom is -0.492 e. The van der Waals surface area contributed by atoms with Crippen molar-refractivity contribution in [3.05, 3.63) is 100 Å². The summed E-state index contributed by atoms with van der Waals surface area (Å²) in [5, 5.41) is 3.57. The Hall–Kier alpha value is -2.78. The topological polar surface area (TPSA) is 38.3 Å². The Bertz CT molecular complexity index is 925. The van der Waals surface area contributed by atoms with Crippen molar-refractivity contribution < 1.29 is 9.53 Å². The number of rotatable bonds is 6. The van der Waals surface area contributed by atoms with Gasteiger partial charge in [0.25, 0.3) is 5.91 Å². The molecule has 0 aliphatic rings. The second kappa shape index (κ2) is 8.74. The van der Waals surface area contributed by atoms with Gasteiger partial charge in [0.15, 0.2) is 0 Å². The highest BCUT2D eigenvalue weighted by Gasteiger charge is 2.19. The van der Waals surface area contributed by atoms with Gasteiger partial charge >= 0.3 is 0 Å². The van der Waals surface area contributed by atoms with Crippen molar-refractivity contribution in [2.45, 2.75) is 19.9 Å². The third kappa shape index (κ3) is 4.50. The summed E-state index contributed by atoms with van der Waals surface area (Å²) in [4.78, 5) is 12.9. The molecule has 0 radical (unpaired) electrons. The summed E-state index contributed by atoms with van der Waals surface area (Å²) >= 11 is 6.24. The van der Waals surface area contributed by atoms with Gasteiger partial charge in [-0.2, -0.15) is 0 Å². The predicted octanol–water partition coefficient (Wildman–Crippen LogP) is 5.57. The lowest BCUT2D eigenvalue weighted by Crippen LogP contribution is -2.29. The molecule has 27 heavy (non-hydrogen) atoms. The van der Waals surface area contributed by atoms with Gasteiger partial charge in [-0.15, -0.1) is 0 Å². The summed E-state index contributed by atoms with van der Waals surface area (Å²) in [5.74, 6) is 0.395. The first-order chi connectivity index (χ1) is 13.1. The van der Waals surface area contributed by atoms with Crippen LogP contribution in [0.15, 0.2) is 72.8 Å². The van der Waals surface area contributed by atoms with Crippen LogP contribution in [0.25, 0.3) is 0 Å². The van der Waals surface area contributed by atoms with E-state index in [1.807, 2.05) is 68.4 Å². The quantitative estimate of drug-likeness (QED) is 0.608. The molecule has 1 amide bonds. The van der Waals surface area contributed by atoms with Crippen molar-refractivity contribution >= 4 is 17.5 Å². The molecule has 0 spiro atoms. The first kappa shape index (κ1) is 19.0. The molecular formula is C23H22ClNO2. The molecule has 138 valence electrons. The maximum Gasteiger partial charge on any atom is 0.252 e. The molecule has 0 fully saturated rings. The number of hydrogen-bond donors (Lipinski definition) is 1. The van der Waals surface area contributed by atoms with Gasteiger partial charge in [0.1, 0.15) is 5.75 Å². The van der Waals surface area contributed by atoms with Crippen LogP contribution in [0.3, 0.4) is 0 Å². The van der Waals surface area contributed by atoms with Gasteiger partial charge in [-0.3, -0.25) is 4.79 Å². The van der Waals surface area contributed by atoms with E-state index in [1.165, 1.54) is 0 Å². The number of carbonyl (C=O) groups excluding carboxylic acids is 1. The Morgan fingerprint density at radius 1 is 1.04 bits per heavy atom. The summed E-state index contributed by atoms with van der Waals surface area (Å²) in [6, 6.07) is 22.9. The second-order valence-corrected chi connectivity index (χ2v) is 6.66. The van der Waals surface area contributed by atoms with E-state index in [9.17, 15) is 4.79 Å². The number of carbonyl (C=O) groups is 1. The van der Waals surface area contributed by atoms with Crippen LogP contribution >= 0.6 is 11.6 Å². The van der Waals surface area contributed by atoms with Crippen molar-refractivity contribution in [2.75, 3.05) is 6.61 Å². The van der Waals surface area contributed by atoms with Crippen molar-refractivity contribution in [1.82, 2.24) is 5.32 Å². The van der Waals surface area contributed by atoms with Gasteiger partial charge in [0, 0.05) is 5.56 Å². The number of benzene rings is 3. The summed E-state index contributed by atoms with van der Waals surface area (Å²) < 4.78 is 5.44. The van der Waals surface area contributed by atoms with E-state index in [2.05, 4.69) is 5.32 Å². The first-order valence-electron chi connectivity index (χ1n) is 8.94. The molecule has 1 unspecified atom stereocenters. The van der Waals surface area contributed by atoms with Crippen LogP contribution in [-0.2, 0) is 0 Å². The Labute approximate surface area is 164 Å². The minimum absolute atomic E-state index is 0.183. The van der Waals surface area contributed by atoms with Crippen molar-refractivity contribution in [1.29, 1.82) is 0 Å². The smallest absolute Gasteiger partial charge is 0.252 e. The average molecular weight is 380 g/mol. The lowest BCUT2D eigenvalue weighted by Gasteiger charge is -2.22. The molecule has 1 atom stereocenters. The number of nitrogens with one attached hydrogen (secondary N) is 1. The molecule has 1 N–H and O–H groups in total. The minimum atomic E-state index is -0.245. The highest BCUT2D eigenvalue weighted by molar-refractivity contribution is 6.32. The fourth-order valence-electron chi connectivity index (χ4n) is 3.03. The predicted molar refractivity (Wildman–Crippen MR) is 110 cm³/mol. The molecule has 0 aliphatic carbocycles. The van der Waals surface area contributed by atoms with Crippen molar-refractivity contribution in [3.8, 4) is 5.75 Å². The molecule has 0 bridgehead atoms. The zero-order valence-corrected chi connectivity index (χ0v) is 16.2. The van der Waals surface area contributed by atoms with Crippen LogP contribution in [0, 0.1) is 6.92 Å². The van der Waals surface area contributed by atoms with Gasteiger partial charge in [-0.25, -0.2) is 0 Å². The van der Waals surface area contributed by atoms with Gasteiger partial charge in [0.05, 0.1) is 17.7 Å². The van der Waals surface area contributed by atoms with Crippen LogP contribution in [-0.4, -0.2) is 12.5 Å². The van der Waals surface area contributed by atoms with E-state index in [1.54, 1.807) is 18.2 Å². The summed E-state index contributed by atoms with van der Waals surface area (Å²) in [6.45, 7) is 4.46. The molecule has 3 aromatic carbocycles. The van der Waals surface area contributed by atoms with E-state index in [0.29, 0.717) is 22.9 Å². The molecule has 0 heterocycles. The number of ether oxygens (including phenoxy) is 1. The summed E-state index contributed by atoms with van der Waals surface area (Å²) in [5.41, 5.74) is 3.71. The fourth-order valence-corrected chi connectivity index (χ4v) is 3.26. The maximum atomic E-state index is 12.9. The molecule has 4 heteroatoms. The third-order valence-electron chi connectivity index (χ3n) is 4.40. The van der Waals surface area contributed by atoms with Gasteiger partial charge in [-0.1, -0.05) is 66.2 Å². The Morgan fingerprint density at radius 3 is 2.41 bits per heavy atom. The maximum absolute atomic E-state index is 12.9. The lowest BCUT2D eigenvalue weighted by atomic mass is 9.94. The van der Waals surface area contributed by atoms with Crippen molar-refractivity contribution in [2.24, 2.45) is 0 Å². The first-order valence-corrected chi connectivity index (χ1v) is 9.31. The Kier molecular flexibility index (Phi) is 6.15. The summed E-state index contributed by atoms with van der Waals surface area (Å²) in [6.07, 6.45) is 0. The van der Waals surface area contributed by atoms with Crippen LogP contribution in [0.4, 0.5) is 0 Å². The van der Waals surface area contributed by atoms with E-state index in [0.717, 1.165) is 16.7 Å². The highest BCUT2D eigenvalue weighted by atomic mass is 35.5. The number of halogens is 1. The zero-order valence-electron chi connectivity index (χ0n) is 15.4. The Morgan fingerprint density at radius 2 is 1.74 bits per heavy atom. The monoisotopic (exact) mass is 379 g/mol. The van der Waals surface area contributed by atoms with Gasteiger partial charge < -0.3 is 10.1 Å². The highest BCUT2D eigenvalue weighted by Crippen LogP contribution is 2.28.